The summed E-state index contributed by atoms with van der Waals surface area (Å²) >= 11 is 3.07. The molecule has 6 nitrogen and oxygen atoms in total. The Balaban J connectivity index is 1.56. The van der Waals surface area contributed by atoms with E-state index in [1.807, 2.05) is 35.0 Å². The minimum absolute atomic E-state index is 0.215. The number of hydrogen-bond acceptors (Lipinski definition) is 6. The Bertz CT molecular complexity index is 605. The van der Waals surface area contributed by atoms with Crippen molar-refractivity contribution in [1.82, 2.24) is 10.9 Å². The van der Waals surface area contributed by atoms with Crippen LogP contribution in [0.25, 0.3) is 0 Å². The fraction of sp³-hybridized carbons (Fsp3) is 0.200. The second-order valence-corrected chi connectivity index (χ2v) is 6.43. The quantitative estimate of drug-likeness (QED) is 0.568. The lowest BCUT2D eigenvalue weighted by Gasteiger charge is -2.00. The summed E-state index contributed by atoms with van der Waals surface area (Å²) in [5.41, 5.74) is 4.87. The largest absolute Gasteiger partial charge is 0.273 e. The summed E-state index contributed by atoms with van der Waals surface area (Å²) in [5.74, 6) is -0.430. The lowest BCUT2D eigenvalue weighted by molar-refractivity contribution is -0.122. The molecule has 0 aliphatic heterocycles. The van der Waals surface area contributed by atoms with Crippen LogP contribution in [0.2, 0.25) is 0 Å². The van der Waals surface area contributed by atoms with Crippen molar-refractivity contribution >= 4 is 46.9 Å². The third-order valence-electron chi connectivity index (χ3n) is 2.66. The smallest absolute Gasteiger partial charge is 0.240 e. The van der Waals surface area contributed by atoms with Crippen LogP contribution in [0, 0.1) is 0 Å². The van der Waals surface area contributed by atoms with E-state index in [1.54, 1.807) is 12.4 Å². The monoisotopic (exact) mass is 348 g/mol. The van der Waals surface area contributed by atoms with E-state index in [-0.39, 0.29) is 24.7 Å². The van der Waals surface area contributed by atoms with Gasteiger partial charge in [-0.05, 0) is 29.3 Å². The lowest BCUT2D eigenvalue weighted by Crippen LogP contribution is -2.20. The highest BCUT2D eigenvalue weighted by Crippen LogP contribution is 2.05. The molecule has 0 aliphatic rings. The first-order chi connectivity index (χ1) is 11.2. The van der Waals surface area contributed by atoms with E-state index in [0.29, 0.717) is 6.42 Å². The number of carbonyl (C=O) groups excluding carboxylic acids is 2. The van der Waals surface area contributed by atoms with Crippen LogP contribution in [0.4, 0.5) is 0 Å². The van der Waals surface area contributed by atoms with E-state index in [4.69, 9.17) is 0 Å². The van der Waals surface area contributed by atoms with Crippen molar-refractivity contribution in [2.45, 2.75) is 19.3 Å². The molecule has 0 bridgehead atoms. The molecule has 0 fully saturated rings. The molecule has 0 spiro atoms. The van der Waals surface area contributed by atoms with Gasteiger partial charge in [0.25, 0.3) is 0 Å². The summed E-state index contributed by atoms with van der Waals surface area (Å²) in [7, 11) is 0. The molecule has 2 aromatic rings. The highest BCUT2D eigenvalue weighted by Gasteiger charge is 2.03. The molecule has 2 heterocycles. The molecule has 2 aromatic heterocycles. The first-order valence-electron chi connectivity index (χ1n) is 6.95. The van der Waals surface area contributed by atoms with Gasteiger partial charge in [0.2, 0.25) is 11.8 Å². The zero-order chi connectivity index (χ0) is 16.3. The summed E-state index contributed by atoms with van der Waals surface area (Å²) in [6.45, 7) is 0. The molecule has 0 aromatic carbocycles. The molecule has 120 valence electrons. The average molecular weight is 348 g/mol. The molecule has 0 saturated heterocycles. The molecule has 23 heavy (non-hydrogen) atoms. The van der Waals surface area contributed by atoms with Crippen molar-refractivity contribution < 1.29 is 9.59 Å². The summed E-state index contributed by atoms with van der Waals surface area (Å²) < 4.78 is 0. The molecule has 0 radical (unpaired) electrons. The predicted octanol–water partition coefficient (Wildman–Crippen LogP) is 2.58. The number of hydrogen-bond donors (Lipinski definition) is 2. The van der Waals surface area contributed by atoms with Gasteiger partial charge in [-0.25, -0.2) is 10.9 Å². The van der Waals surface area contributed by atoms with Crippen LogP contribution in [-0.2, 0) is 9.59 Å². The molecule has 2 N–H and O–H groups in total. The minimum Gasteiger partial charge on any atom is -0.273 e. The van der Waals surface area contributed by atoms with Crippen LogP contribution in [0.15, 0.2) is 45.2 Å². The van der Waals surface area contributed by atoms with E-state index >= 15 is 0 Å². The molecule has 0 unspecified atom stereocenters. The highest BCUT2D eigenvalue weighted by atomic mass is 32.1. The fourth-order valence-corrected chi connectivity index (χ4v) is 2.76. The Morgan fingerprint density at radius 3 is 1.78 bits per heavy atom. The third kappa shape index (κ3) is 6.98. The predicted molar refractivity (Wildman–Crippen MR) is 94.0 cm³/mol. The van der Waals surface area contributed by atoms with Gasteiger partial charge in [-0.15, -0.1) is 22.7 Å². The van der Waals surface area contributed by atoms with Gasteiger partial charge in [-0.1, -0.05) is 12.1 Å². The molecule has 0 aliphatic carbocycles. The van der Waals surface area contributed by atoms with Crippen LogP contribution in [0.3, 0.4) is 0 Å². The fourth-order valence-electron chi connectivity index (χ4n) is 1.59. The standard InChI is InChI=1S/C15H16N4O2S2/c20-14(18-16-10-12-4-2-8-22-12)6-1-7-15(21)19-17-11-13-5-3-9-23-13/h2-5,8-11H,1,6-7H2,(H,18,20)(H,19,21)/b16-10+,17-11+. The number of amides is 2. The Hall–Kier alpha value is -2.32. The summed E-state index contributed by atoms with van der Waals surface area (Å²) in [6.07, 6.45) is 4.11. The number of hydrazone groups is 2. The van der Waals surface area contributed by atoms with Crippen molar-refractivity contribution in [3.63, 3.8) is 0 Å². The molecule has 8 heteroatoms. The number of nitrogens with zero attached hydrogens (tertiary/aromatic N) is 2. The normalized spacial score (nSPS) is 11.1. The van der Waals surface area contributed by atoms with Crippen LogP contribution >= 0.6 is 22.7 Å². The summed E-state index contributed by atoms with van der Waals surface area (Å²) in [6, 6.07) is 7.63. The zero-order valence-electron chi connectivity index (χ0n) is 12.3. The number of carbonyl (C=O) groups is 2. The first kappa shape index (κ1) is 17.0. The first-order valence-corrected chi connectivity index (χ1v) is 8.71. The molecular formula is C15H16N4O2S2. The van der Waals surface area contributed by atoms with Crippen molar-refractivity contribution in [1.29, 1.82) is 0 Å². The number of rotatable bonds is 8. The van der Waals surface area contributed by atoms with E-state index in [9.17, 15) is 9.59 Å². The van der Waals surface area contributed by atoms with Gasteiger partial charge in [-0.3, -0.25) is 9.59 Å². The van der Waals surface area contributed by atoms with Gasteiger partial charge >= 0.3 is 0 Å². The Kier molecular flexibility index (Phi) is 7.15. The maximum Gasteiger partial charge on any atom is 0.240 e. The maximum absolute atomic E-state index is 11.5. The molecule has 2 amide bonds. The van der Waals surface area contributed by atoms with E-state index < -0.39 is 0 Å². The van der Waals surface area contributed by atoms with Crippen LogP contribution in [0.1, 0.15) is 29.0 Å². The van der Waals surface area contributed by atoms with E-state index in [2.05, 4.69) is 21.1 Å². The van der Waals surface area contributed by atoms with Crippen molar-refractivity contribution in [3.05, 3.63) is 44.8 Å². The topological polar surface area (TPSA) is 82.9 Å². The van der Waals surface area contributed by atoms with Gasteiger partial charge in [0.15, 0.2) is 0 Å². The van der Waals surface area contributed by atoms with Crippen LogP contribution < -0.4 is 10.9 Å². The van der Waals surface area contributed by atoms with Gasteiger partial charge in [-0.2, -0.15) is 10.2 Å². The lowest BCUT2D eigenvalue weighted by atomic mass is 10.2. The molecule has 0 atom stereocenters. The van der Waals surface area contributed by atoms with Gasteiger partial charge in [0.05, 0.1) is 12.4 Å². The highest BCUT2D eigenvalue weighted by molar-refractivity contribution is 7.12. The SMILES string of the molecule is O=C(CCCC(=O)N/N=C/c1cccs1)N/N=C/c1cccs1. The van der Waals surface area contributed by atoms with Gasteiger partial charge in [0, 0.05) is 22.6 Å². The number of thiophene rings is 2. The van der Waals surface area contributed by atoms with Crippen LogP contribution in [-0.4, -0.2) is 24.2 Å². The van der Waals surface area contributed by atoms with Crippen LogP contribution in [0.5, 0.6) is 0 Å². The van der Waals surface area contributed by atoms with Crippen molar-refractivity contribution in [2.75, 3.05) is 0 Å². The Labute approximate surface area is 141 Å². The zero-order valence-corrected chi connectivity index (χ0v) is 13.9. The summed E-state index contributed by atoms with van der Waals surface area (Å²) in [4.78, 5) is 25.0. The second-order valence-electron chi connectivity index (χ2n) is 4.47. The van der Waals surface area contributed by atoms with Crippen molar-refractivity contribution in [2.24, 2.45) is 10.2 Å². The molecular weight excluding hydrogens is 332 g/mol. The molecule has 2 rings (SSSR count). The second kappa shape index (κ2) is 9.65. The third-order valence-corrected chi connectivity index (χ3v) is 4.27. The summed E-state index contributed by atoms with van der Waals surface area (Å²) in [5, 5.41) is 11.6. The van der Waals surface area contributed by atoms with E-state index in [0.717, 1.165) is 9.75 Å². The Morgan fingerprint density at radius 1 is 0.913 bits per heavy atom. The van der Waals surface area contributed by atoms with Crippen molar-refractivity contribution in [3.8, 4) is 0 Å². The van der Waals surface area contributed by atoms with Gasteiger partial charge in [0.1, 0.15) is 0 Å². The minimum atomic E-state index is -0.215. The van der Waals surface area contributed by atoms with Gasteiger partial charge < -0.3 is 0 Å². The molecule has 0 saturated carbocycles. The van der Waals surface area contributed by atoms with E-state index in [1.165, 1.54) is 22.7 Å². The number of nitrogens with one attached hydrogen (secondary N) is 2. The Morgan fingerprint density at radius 2 is 1.39 bits per heavy atom. The average Bonchev–Trinajstić information content (AvgIpc) is 3.20. The maximum atomic E-state index is 11.5.